The first-order valence-corrected chi connectivity index (χ1v) is 17.2. The van der Waals surface area contributed by atoms with Crippen molar-refractivity contribution in [3.63, 3.8) is 0 Å². The van der Waals surface area contributed by atoms with Crippen LogP contribution >= 0.6 is 0 Å². The third-order valence-corrected chi connectivity index (χ3v) is 9.74. The number of phenols is 2. The van der Waals surface area contributed by atoms with Crippen molar-refractivity contribution in [2.75, 3.05) is 31.6 Å². The van der Waals surface area contributed by atoms with Gasteiger partial charge in [-0.15, -0.1) is 0 Å². The molecule has 0 amide bonds. The Labute approximate surface area is 261 Å². The number of phenolic OH excluding ortho intramolecular Hbond substituents is 2. The van der Waals surface area contributed by atoms with Crippen LogP contribution in [0.2, 0.25) is 0 Å². The van der Waals surface area contributed by atoms with Crippen LogP contribution in [0.25, 0.3) is 11.1 Å². The van der Waals surface area contributed by atoms with Crippen LogP contribution < -0.4 is 0 Å². The van der Waals surface area contributed by atoms with Crippen molar-refractivity contribution >= 4 is 22.3 Å². The molecular formula is C34H46F5NO3S. The standard InChI is InChI=1S/C34H46F5NO3S/c1-40(21-7-4-8-22-44(43)23-11-19-33(35,36)34(37,38)39)20-6-3-2-5-15-32-30(26-12-9-14-28(41)24-26)16-10-13-27-25-29(42)17-18-31(27)32/h9,12,14,17-18,24-25,41-42H,2-8,10-11,13,15-16,19-23H2,1H3. The van der Waals surface area contributed by atoms with Gasteiger partial charge in [0, 0.05) is 6.42 Å². The van der Waals surface area contributed by atoms with Gasteiger partial charge in [0.25, 0.3) is 0 Å². The van der Waals surface area contributed by atoms with Gasteiger partial charge in [-0.3, -0.25) is 0 Å². The molecule has 0 aromatic heterocycles. The topological polar surface area (TPSA) is 66.8 Å². The van der Waals surface area contributed by atoms with Gasteiger partial charge >= 0.3 is 12.1 Å². The van der Waals surface area contributed by atoms with Crippen LogP contribution in [0.4, 0.5) is 22.0 Å². The van der Waals surface area contributed by atoms with Gasteiger partial charge in [0.15, 0.2) is 0 Å². The molecule has 0 saturated carbocycles. The minimum atomic E-state index is -5.55. The molecule has 0 saturated heterocycles. The average Bonchev–Trinajstić information content (AvgIpc) is 3.12. The summed E-state index contributed by atoms with van der Waals surface area (Å²) in [6, 6.07) is 13.1. The lowest BCUT2D eigenvalue weighted by Gasteiger charge is -2.19. The van der Waals surface area contributed by atoms with Gasteiger partial charge in [-0.1, -0.05) is 42.2 Å². The number of halogens is 5. The highest BCUT2D eigenvalue weighted by atomic mass is 32.2. The summed E-state index contributed by atoms with van der Waals surface area (Å²) in [4.78, 5) is 2.27. The summed E-state index contributed by atoms with van der Waals surface area (Å²) < 4.78 is 74.5. The Morgan fingerprint density at radius 2 is 1.45 bits per heavy atom. The molecule has 2 N–H and O–H groups in total. The minimum Gasteiger partial charge on any atom is -0.616 e. The summed E-state index contributed by atoms with van der Waals surface area (Å²) in [6.45, 7) is 1.87. The van der Waals surface area contributed by atoms with Crippen molar-refractivity contribution in [1.82, 2.24) is 4.90 Å². The number of fused-ring (bicyclic) bond motifs is 1. The predicted octanol–water partition coefficient (Wildman–Crippen LogP) is 9.12. The molecule has 0 aliphatic heterocycles. The summed E-state index contributed by atoms with van der Waals surface area (Å²) in [5.41, 5.74) is 6.01. The molecule has 0 spiro atoms. The molecule has 0 bridgehead atoms. The van der Waals surface area contributed by atoms with Crippen molar-refractivity contribution in [3.05, 3.63) is 59.2 Å². The summed E-state index contributed by atoms with van der Waals surface area (Å²) >= 11 is -1.37. The van der Waals surface area contributed by atoms with Gasteiger partial charge in [0.05, 0.1) is 0 Å². The second kappa shape index (κ2) is 17.4. The lowest BCUT2D eigenvalue weighted by Crippen LogP contribution is -2.36. The van der Waals surface area contributed by atoms with E-state index in [4.69, 9.17) is 0 Å². The highest BCUT2D eigenvalue weighted by Crippen LogP contribution is 2.41. The van der Waals surface area contributed by atoms with Crippen molar-refractivity contribution in [2.45, 2.75) is 95.6 Å². The van der Waals surface area contributed by atoms with Crippen LogP contribution in [-0.4, -0.2) is 63.4 Å². The van der Waals surface area contributed by atoms with Crippen LogP contribution in [-0.2, 0) is 17.6 Å². The van der Waals surface area contributed by atoms with Crippen molar-refractivity contribution in [1.29, 1.82) is 0 Å². The third kappa shape index (κ3) is 11.6. The Morgan fingerprint density at radius 3 is 2.16 bits per heavy atom. The van der Waals surface area contributed by atoms with E-state index < -0.39 is 36.1 Å². The summed E-state index contributed by atoms with van der Waals surface area (Å²) in [5.74, 6) is -3.97. The van der Waals surface area contributed by atoms with Gasteiger partial charge in [0.1, 0.15) is 23.0 Å². The molecule has 3 rings (SSSR count). The van der Waals surface area contributed by atoms with Crippen molar-refractivity contribution in [3.8, 4) is 11.5 Å². The first-order valence-electron chi connectivity index (χ1n) is 15.7. The van der Waals surface area contributed by atoms with Crippen LogP contribution in [0.15, 0.2) is 42.5 Å². The van der Waals surface area contributed by atoms with E-state index in [9.17, 15) is 36.7 Å². The predicted molar refractivity (Wildman–Crippen MR) is 169 cm³/mol. The van der Waals surface area contributed by atoms with Crippen LogP contribution in [0.1, 0.15) is 93.7 Å². The van der Waals surface area contributed by atoms with E-state index in [1.54, 1.807) is 12.1 Å². The number of nitrogens with zero attached hydrogens (tertiary/aromatic N) is 1. The van der Waals surface area contributed by atoms with Gasteiger partial charge in [-0.2, -0.15) is 22.0 Å². The van der Waals surface area contributed by atoms with E-state index in [0.29, 0.717) is 12.2 Å². The summed E-state index contributed by atoms with van der Waals surface area (Å²) in [5, 5.41) is 20.2. The number of hydrogen-bond acceptors (Lipinski definition) is 4. The molecule has 4 nitrogen and oxygen atoms in total. The van der Waals surface area contributed by atoms with Crippen LogP contribution in [0.5, 0.6) is 11.5 Å². The molecule has 0 fully saturated rings. The molecule has 1 aliphatic carbocycles. The maximum atomic E-state index is 12.9. The number of allylic oxidation sites excluding steroid dienone is 2. The van der Waals surface area contributed by atoms with Gasteiger partial charge in [-0.05, 0) is 136 Å². The molecule has 0 radical (unpaired) electrons. The van der Waals surface area contributed by atoms with E-state index in [1.165, 1.54) is 22.3 Å². The normalized spacial score (nSPS) is 15.0. The lowest BCUT2D eigenvalue weighted by molar-refractivity contribution is -0.284. The summed E-state index contributed by atoms with van der Waals surface area (Å²) in [6.07, 6.45) is 3.23. The minimum absolute atomic E-state index is 0.129. The molecule has 1 atom stereocenters. The molecule has 44 heavy (non-hydrogen) atoms. The first-order chi connectivity index (χ1) is 20.9. The first kappa shape index (κ1) is 36.2. The largest absolute Gasteiger partial charge is 0.616 e. The highest BCUT2D eigenvalue weighted by molar-refractivity contribution is 7.91. The Kier molecular flexibility index (Phi) is 14.3. The maximum absolute atomic E-state index is 12.9. The Bertz CT molecular complexity index is 1200. The summed E-state index contributed by atoms with van der Waals surface area (Å²) in [7, 11) is 2.07. The SMILES string of the molecule is CN(CCCCCCC1=C(c2cccc(O)c2)CCCc2cc(O)ccc21)CCCCC[S+]([O-])CCCC(F)(F)C(F)(F)F. The van der Waals surface area contributed by atoms with E-state index >= 15 is 0 Å². The molecule has 10 heteroatoms. The molecule has 1 aliphatic rings. The van der Waals surface area contributed by atoms with E-state index in [-0.39, 0.29) is 17.3 Å². The number of aromatic hydroxyl groups is 2. The number of unbranched alkanes of at least 4 members (excludes halogenated alkanes) is 5. The molecule has 1 unspecified atom stereocenters. The van der Waals surface area contributed by atoms with Gasteiger partial charge in [0.2, 0.25) is 0 Å². The van der Waals surface area contributed by atoms with E-state index in [2.05, 4.69) is 18.0 Å². The molecule has 246 valence electrons. The zero-order valence-corrected chi connectivity index (χ0v) is 26.4. The van der Waals surface area contributed by atoms with E-state index in [1.807, 2.05) is 24.3 Å². The molecular weight excluding hydrogens is 597 g/mol. The highest BCUT2D eigenvalue weighted by Gasteiger charge is 2.56. The molecule has 2 aromatic rings. The number of rotatable bonds is 18. The fourth-order valence-electron chi connectivity index (χ4n) is 5.82. The van der Waals surface area contributed by atoms with E-state index in [0.717, 1.165) is 82.9 Å². The number of hydrogen-bond donors (Lipinski definition) is 2. The van der Waals surface area contributed by atoms with Crippen molar-refractivity contribution in [2.24, 2.45) is 0 Å². The Morgan fingerprint density at radius 1 is 0.795 bits per heavy atom. The van der Waals surface area contributed by atoms with Gasteiger partial charge < -0.3 is 19.7 Å². The van der Waals surface area contributed by atoms with Gasteiger partial charge in [-0.25, -0.2) is 0 Å². The molecule has 2 aromatic carbocycles. The number of aryl methyl sites for hydroxylation is 1. The third-order valence-electron chi connectivity index (χ3n) is 8.25. The second-order valence-electron chi connectivity index (χ2n) is 11.9. The van der Waals surface area contributed by atoms with Crippen LogP contribution in [0.3, 0.4) is 0 Å². The number of alkyl halides is 5. The fourth-order valence-corrected chi connectivity index (χ4v) is 7.01. The quantitative estimate of drug-likeness (QED) is 0.0966. The van der Waals surface area contributed by atoms with Crippen molar-refractivity contribution < 1.29 is 36.7 Å². The number of benzene rings is 2. The smallest absolute Gasteiger partial charge is 0.453 e. The molecule has 0 heterocycles. The monoisotopic (exact) mass is 643 g/mol. The zero-order chi connectivity index (χ0) is 32.2. The maximum Gasteiger partial charge on any atom is 0.453 e. The second-order valence-corrected chi connectivity index (χ2v) is 13.6. The Balaban J connectivity index is 1.34. The van der Waals surface area contributed by atoms with Crippen LogP contribution in [0, 0.1) is 0 Å². The zero-order valence-electron chi connectivity index (χ0n) is 25.6. The fraction of sp³-hybridized carbons (Fsp3) is 0.588. The Hall–Kier alpha value is -2.30. The lowest BCUT2D eigenvalue weighted by atomic mass is 9.89. The average molecular weight is 644 g/mol.